The van der Waals surface area contributed by atoms with Crippen LogP contribution in [-0.2, 0) is 14.6 Å². The Labute approximate surface area is 269 Å². The molecule has 0 aromatic rings. The van der Waals surface area contributed by atoms with Crippen molar-refractivity contribution in [1.29, 1.82) is 0 Å². The molecule has 13 atom stereocenters. The first-order chi connectivity index (χ1) is 21.2. The summed E-state index contributed by atoms with van der Waals surface area (Å²) < 4.78 is 63.4. The van der Waals surface area contributed by atoms with Gasteiger partial charge in [0.25, 0.3) is 0 Å². The van der Waals surface area contributed by atoms with Gasteiger partial charge in [-0.2, -0.15) is 0 Å². The summed E-state index contributed by atoms with van der Waals surface area (Å²) in [7, 11) is -2.36. The Kier molecular flexibility index (Phi) is 11.4. The fourth-order valence-electron chi connectivity index (χ4n) is 7.99. The summed E-state index contributed by atoms with van der Waals surface area (Å²) in [5.74, 6) is -1.01. The standard InChI is InChI=1S/C28H51F2N7O6S2/c1-15-12-22(35-34-15)31-25-24(43-4)26(36-11-10-16(38)14-36)33-27(32-25)44-21-9-8-17(13-19(21)29)45(41,42)28(2,3)18-6-5-7-20(23(18)30)37(39)40/h15-27,31-35,38H,5-14H2,1-4H3. The van der Waals surface area contributed by atoms with Crippen molar-refractivity contribution in [2.45, 2.75) is 148 Å². The van der Waals surface area contributed by atoms with Crippen LogP contribution in [-0.4, -0.2) is 119 Å². The van der Waals surface area contributed by atoms with Gasteiger partial charge in [0.2, 0.25) is 6.04 Å². The number of alkyl halides is 2. The molecule has 0 bridgehead atoms. The topological polar surface area (TPSA) is 170 Å². The number of methoxy groups -OCH3 is 1. The van der Waals surface area contributed by atoms with Crippen molar-refractivity contribution < 1.29 is 32.0 Å². The van der Waals surface area contributed by atoms with Crippen molar-refractivity contribution in [2.24, 2.45) is 5.92 Å². The van der Waals surface area contributed by atoms with Gasteiger partial charge in [-0.15, -0.1) is 11.8 Å². The Morgan fingerprint density at radius 2 is 1.87 bits per heavy atom. The molecule has 3 heterocycles. The lowest BCUT2D eigenvalue weighted by Gasteiger charge is -2.48. The van der Waals surface area contributed by atoms with E-state index in [1.807, 2.05) is 0 Å². The van der Waals surface area contributed by atoms with Gasteiger partial charge >= 0.3 is 0 Å². The molecular formula is C28H51F2N7O6S2. The van der Waals surface area contributed by atoms with E-state index in [2.05, 4.69) is 38.6 Å². The molecular weight excluding hydrogens is 632 g/mol. The fourth-order valence-corrected chi connectivity index (χ4v) is 11.7. The van der Waals surface area contributed by atoms with E-state index < -0.39 is 60.4 Å². The quantitative estimate of drug-likeness (QED) is 0.142. The number of hydrazine groups is 1. The summed E-state index contributed by atoms with van der Waals surface area (Å²) >= 11 is 1.39. The highest BCUT2D eigenvalue weighted by atomic mass is 32.2. The minimum Gasteiger partial charge on any atom is -0.392 e. The van der Waals surface area contributed by atoms with E-state index >= 15 is 8.78 Å². The van der Waals surface area contributed by atoms with Crippen molar-refractivity contribution in [1.82, 2.24) is 31.7 Å². The lowest BCUT2D eigenvalue weighted by Crippen LogP contribution is -2.74. The third-order valence-corrected chi connectivity index (χ3v) is 15.2. The Morgan fingerprint density at radius 1 is 1.11 bits per heavy atom. The molecule has 5 rings (SSSR count). The summed E-state index contributed by atoms with van der Waals surface area (Å²) in [4.78, 5) is 12.9. The van der Waals surface area contributed by atoms with E-state index in [1.165, 1.54) is 25.6 Å². The number of hydrogen-bond donors (Lipinski definition) is 6. The van der Waals surface area contributed by atoms with Gasteiger partial charge in [-0.1, -0.05) is 0 Å². The van der Waals surface area contributed by atoms with Crippen LogP contribution in [0.5, 0.6) is 0 Å². The van der Waals surface area contributed by atoms with Crippen LogP contribution in [0.25, 0.3) is 0 Å². The molecule has 0 amide bonds. The Balaban J connectivity index is 1.25. The molecule has 45 heavy (non-hydrogen) atoms. The van der Waals surface area contributed by atoms with Gasteiger partial charge in [-0.05, 0) is 65.7 Å². The molecule has 13 unspecified atom stereocenters. The number of sulfone groups is 1. The van der Waals surface area contributed by atoms with Crippen molar-refractivity contribution >= 4 is 21.6 Å². The van der Waals surface area contributed by atoms with Gasteiger partial charge in [0, 0.05) is 48.8 Å². The van der Waals surface area contributed by atoms with Gasteiger partial charge in [-0.3, -0.25) is 36.4 Å². The number of ether oxygens (including phenoxy) is 1. The molecule has 2 aliphatic carbocycles. The molecule has 6 N–H and O–H groups in total. The molecule has 5 fully saturated rings. The van der Waals surface area contributed by atoms with Gasteiger partial charge in [0.1, 0.15) is 17.8 Å². The van der Waals surface area contributed by atoms with Gasteiger partial charge in [-0.25, -0.2) is 22.6 Å². The van der Waals surface area contributed by atoms with Gasteiger partial charge in [0.05, 0.1) is 34.6 Å². The lowest BCUT2D eigenvalue weighted by atomic mass is 9.77. The molecule has 2 saturated carbocycles. The van der Waals surface area contributed by atoms with E-state index in [1.54, 1.807) is 7.11 Å². The normalized spacial score (nSPS) is 43.8. The average molecular weight is 684 g/mol. The van der Waals surface area contributed by atoms with Crippen LogP contribution >= 0.6 is 11.8 Å². The van der Waals surface area contributed by atoms with Crippen molar-refractivity contribution in [3.8, 4) is 0 Å². The fraction of sp³-hybridized carbons (Fsp3) is 1.00. The number of aliphatic hydroxyl groups excluding tert-OH is 1. The zero-order valence-corrected chi connectivity index (χ0v) is 28.2. The molecule has 5 aliphatic rings. The largest absolute Gasteiger partial charge is 0.392 e. The van der Waals surface area contributed by atoms with Crippen LogP contribution in [0.1, 0.15) is 72.1 Å². The number of nitro groups is 1. The molecule has 0 aromatic heterocycles. The van der Waals surface area contributed by atoms with Crippen LogP contribution in [0, 0.1) is 16.0 Å². The Bertz CT molecular complexity index is 1140. The Morgan fingerprint density at radius 3 is 2.47 bits per heavy atom. The maximum atomic E-state index is 15.9. The van der Waals surface area contributed by atoms with Crippen molar-refractivity contribution in [2.75, 3.05) is 20.2 Å². The number of β-amino-alcohol motifs (C(OH)–C–C–N with tert-alkyl or cyclic N) is 1. The summed E-state index contributed by atoms with van der Waals surface area (Å²) in [6.07, 6.45) is -2.01. The number of rotatable bonds is 10. The monoisotopic (exact) mass is 683 g/mol. The summed E-state index contributed by atoms with van der Waals surface area (Å²) in [5.41, 5.74) is 6.07. The van der Waals surface area contributed by atoms with Crippen LogP contribution in [0.2, 0.25) is 0 Å². The molecule has 0 aromatic carbocycles. The summed E-state index contributed by atoms with van der Waals surface area (Å²) in [6.45, 7) is 6.18. The maximum absolute atomic E-state index is 15.9. The number of halogens is 2. The van der Waals surface area contributed by atoms with E-state index in [0.29, 0.717) is 32.4 Å². The second-order valence-corrected chi connectivity index (χ2v) is 18.2. The number of nitrogens with one attached hydrogen (secondary N) is 5. The highest BCUT2D eigenvalue weighted by molar-refractivity contribution is 8.00. The minimum absolute atomic E-state index is 0.0182. The van der Waals surface area contributed by atoms with Crippen LogP contribution in [0.3, 0.4) is 0 Å². The molecule has 13 nitrogen and oxygen atoms in total. The van der Waals surface area contributed by atoms with E-state index in [4.69, 9.17) is 4.74 Å². The van der Waals surface area contributed by atoms with E-state index in [9.17, 15) is 23.6 Å². The average Bonchev–Trinajstić information content (AvgIpc) is 3.60. The highest BCUT2D eigenvalue weighted by Crippen LogP contribution is 2.45. The molecule has 260 valence electrons. The summed E-state index contributed by atoms with van der Waals surface area (Å²) in [5, 5.41) is 30.9. The van der Waals surface area contributed by atoms with Gasteiger partial charge in [0.15, 0.2) is 16.0 Å². The first kappa shape index (κ1) is 35.5. The molecule has 17 heteroatoms. The molecule has 3 saturated heterocycles. The van der Waals surface area contributed by atoms with Crippen molar-refractivity contribution in [3.63, 3.8) is 0 Å². The predicted octanol–water partition coefficient (Wildman–Crippen LogP) is 0.968. The van der Waals surface area contributed by atoms with Crippen LogP contribution in [0.4, 0.5) is 8.78 Å². The molecule has 0 radical (unpaired) electrons. The number of nitrogens with zero attached hydrogens (tertiary/aromatic N) is 2. The number of thioether (sulfide) groups is 1. The third-order valence-electron chi connectivity index (χ3n) is 10.7. The zero-order valence-electron chi connectivity index (χ0n) is 26.5. The first-order valence-corrected chi connectivity index (χ1v) is 18.8. The van der Waals surface area contributed by atoms with E-state index in [0.717, 1.165) is 6.42 Å². The SMILES string of the molecule is COC1C(NC2CC(C)NN2)NC(SC2CCC(S(=O)(=O)C(C)(C)C3CCCC([N+](=O)[O-])C3F)CC2F)NC1N1CCC(O)C1. The van der Waals surface area contributed by atoms with E-state index in [-0.39, 0.29) is 61.8 Å². The highest BCUT2D eigenvalue weighted by Gasteiger charge is 2.55. The Hall–Kier alpha value is -0.760. The maximum Gasteiger partial charge on any atom is 0.244 e. The van der Waals surface area contributed by atoms with Crippen molar-refractivity contribution in [3.05, 3.63) is 10.1 Å². The van der Waals surface area contributed by atoms with Gasteiger partial charge < -0.3 is 9.84 Å². The second kappa shape index (κ2) is 14.4. The molecule has 0 spiro atoms. The number of likely N-dealkylation sites (tertiary alicyclic amines) is 1. The lowest BCUT2D eigenvalue weighted by molar-refractivity contribution is -0.536. The zero-order chi connectivity index (χ0) is 32.7. The third kappa shape index (κ3) is 7.47. The second-order valence-electron chi connectivity index (χ2n) is 14.0. The number of hydrogen-bond acceptors (Lipinski definition) is 13. The first-order valence-electron chi connectivity index (χ1n) is 16.3. The minimum atomic E-state index is -4.01. The predicted molar refractivity (Wildman–Crippen MR) is 168 cm³/mol. The van der Waals surface area contributed by atoms with Crippen LogP contribution in [0.15, 0.2) is 0 Å². The summed E-state index contributed by atoms with van der Waals surface area (Å²) in [6, 6.07) is -1.13. The number of aliphatic hydroxyl groups is 1. The smallest absolute Gasteiger partial charge is 0.244 e. The van der Waals surface area contributed by atoms with Crippen LogP contribution < -0.4 is 26.8 Å². The molecule has 3 aliphatic heterocycles.